The lowest BCUT2D eigenvalue weighted by molar-refractivity contribution is -0.144. The second-order valence-corrected chi connectivity index (χ2v) is 8.31. The van der Waals surface area contributed by atoms with Gasteiger partial charge in [-0.15, -0.1) is 0 Å². The number of anilines is 1. The second kappa shape index (κ2) is 9.94. The van der Waals surface area contributed by atoms with Gasteiger partial charge in [-0.2, -0.15) is 5.10 Å². The van der Waals surface area contributed by atoms with E-state index in [0.29, 0.717) is 6.04 Å². The highest BCUT2D eigenvalue weighted by molar-refractivity contribution is 5.80. The number of carboxylic acid groups (broad SMARTS) is 1. The molecule has 1 atom stereocenters. The standard InChI is InChI=1S/C24H31N5O2/c25-26-18-19-6-8-21(9-7-19)27-14-16-28(17-15-27)22-10-12-29(13-11-22)23(24(30)31)20-4-2-1-3-5-20/h1-9,18,22-23H,10-17,25H2,(H,30,31). The van der Waals surface area contributed by atoms with Crippen LogP contribution < -0.4 is 10.7 Å². The Morgan fingerprint density at radius 2 is 1.61 bits per heavy atom. The van der Waals surface area contributed by atoms with Gasteiger partial charge in [0.25, 0.3) is 0 Å². The molecule has 0 aliphatic carbocycles. The molecule has 0 spiro atoms. The molecule has 0 amide bonds. The van der Waals surface area contributed by atoms with Crippen molar-refractivity contribution in [1.82, 2.24) is 9.80 Å². The number of hydrazone groups is 1. The molecule has 2 fully saturated rings. The average Bonchev–Trinajstić information content (AvgIpc) is 2.81. The first-order chi connectivity index (χ1) is 15.2. The van der Waals surface area contributed by atoms with Crippen molar-refractivity contribution >= 4 is 17.9 Å². The highest BCUT2D eigenvalue weighted by Crippen LogP contribution is 2.27. The van der Waals surface area contributed by atoms with Gasteiger partial charge in [0, 0.05) is 51.0 Å². The number of likely N-dealkylation sites (tertiary alicyclic amines) is 1. The maximum absolute atomic E-state index is 11.9. The summed E-state index contributed by atoms with van der Waals surface area (Å²) < 4.78 is 0. The van der Waals surface area contributed by atoms with E-state index in [-0.39, 0.29) is 0 Å². The molecule has 1 unspecified atom stereocenters. The van der Waals surface area contributed by atoms with Crippen LogP contribution in [-0.4, -0.2) is 72.4 Å². The van der Waals surface area contributed by atoms with Crippen molar-refractivity contribution < 1.29 is 9.90 Å². The van der Waals surface area contributed by atoms with Gasteiger partial charge < -0.3 is 15.8 Å². The minimum Gasteiger partial charge on any atom is -0.480 e. The third-order valence-corrected chi connectivity index (χ3v) is 6.53. The van der Waals surface area contributed by atoms with Gasteiger partial charge in [0.1, 0.15) is 6.04 Å². The summed E-state index contributed by atoms with van der Waals surface area (Å²) >= 11 is 0. The van der Waals surface area contributed by atoms with E-state index >= 15 is 0 Å². The molecule has 164 valence electrons. The molecule has 7 nitrogen and oxygen atoms in total. The quantitative estimate of drug-likeness (QED) is 0.423. The van der Waals surface area contributed by atoms with Crippen molar-refractivity contribution in [2.45, 2.75) is 24.9 Å². The lowest BCUT2D eigenvalue weighted by Gasteiger charge is -2.44. The largest absolute Gasteiger partial charge is 0.480 e. The predicted octanol–water partition coefficient (Wildman–Crippen LogP) is 2.39. The van der Waals surface area contributed by atoms with Crippen LogP contribution in [0.1, 0.15) is 30.0 Å². The number of benzene rings is 2. The summed E-state index contributed by atoms with van der Waals surface area (Å²) in [4.78, 5) is 19.1. The van der Waals surface area contributed by atoms with Crippen molar-refractivity contribution in [3.63, 3.8) is 0 Å². The van der Waals surface area contributed by atoms with E-state index in [1.807, 2.05) is 42.5 Å². The zero-order valence-electron chi connectivity index (χ0n) is 17.8. The van der Waals surface area contributed by atoms with Crippen molar-refractivity contribution in [2.75, 3.05) is 44.2 Å². The molecule has 7 heteroatoms. The van der Waals surface area contributed by atoms with Crippen LogP contribution in [0, 0.1) is 0 Å². The Morgan fingerprint density at radius 1 is 0.968 bits per heavy atom. The zero-order valence-corrected chi connectivity index (χ0v) is 17.8. The van der Waals surface area contributed by atoms with Gasteiger partial charge in [0.15, 0.2) is 0 Å². The van der Waals surface area contributed by atoms with Crippen LogP contribution in [0.15, 0.2) is 59.7 Å². The van der Waals surface area contributed by atoms with Crippen molar-refractivity contribution in [3.8, 4) is 0 Å². The summed E-state index contributed by atoms with van der Waals surface area (Å²) in [7, 11) is 0. The first-order valence-electron chi connectivity index (χ1n) is 11.0. The normalized spacial score (nSPS) is 20.2. The molecule has 0 bridgehead atoms. The van der Waals surface area contributed by atoms with Gasteiger partial charge >= 0.3 is 5.97 Å². The molecule has 2 aromatic rings. The molecule has 2 heterocycles. The number of hydrogen-bond donors (Lipinski definition) is 2. The number of nitrogens with two attached hydrogens (primary N) is 1. The zero-order chi connectivity index (χ0) is 21.6. The Kier molecular flexibility index (Phi) is 6.84. The summed E-state index contributed by atoms with van der Waals surface area (Å²) in [5.41, 5.74) is 3.11. The first kappa shape index (κ1) is 21.3. The van der Waals surface area contributed by atoms with Crippen molar-refractivity contribution in [1.29, 1.82) is 0 Å². The van der Waals surface area contributed by atoms with E-state index in [0.717, 1.165) is 63.2 Å². The molecule has 2 aliphatic rings. The third kappa shape index (κ3) is 5.06. The Labute approximate surface area is 183 Å². The molecule has 0 saturated carbocycles. The molecule has 2 saturated heterocycles. The third-order valence-electron chi connectivity index (χ3n) is 6.53. The van der Waals surface area contributed by atoms with Crippen LogP contribution in [0.25, 0.3) is 0 Å². The van der Waals surface area contributed by atoms with E-state index in [1.54, 1.807) is 6.21 Å². The Hall–Kier alpha value is -2.90. The van der Waals surface area contributed by atoms with Gasteiger partial charge in [-0.05, 0) is 36.1 Å². The van der Waals surface area contributed by atoms with Crippen molar-refractivity contribution in [3.05, 3.63) is 65.7 Å². The minimum absolute atomic E-state index is 0.534. The van der Waals surface area contributed by atoms with Crippen LogP contribution in [0.2, 0.25) is 0 Å². The van der Waals surface area contributed by atoms with Gasteiger partial charge in [-0.3, -0.25) is 14.6 Å². The molecule has 3 N–H and O–H groups in total. The smallest absolute Gasteiger partial charge is 0.325 e. The summed E-state index contributed by atoms with van der Waals surface area (Å²) in [6.07, 6.45) is 3.69. The van der Waals surface area contributed by atoms with Crippen molar-refractivity contribution in [2.24, 2.45) is 10.9 Å². The highest BCUT2D eigenvalue weighted by Gasteiger charge is 2.33. The van der Waals surface area contributed by atoms with Gasteiger partial charge in [0.2, 0.25) is 0 Å². The van der Waals surface area contributed by atoms with Crippen LogP contribution in [0.3, 0.4) is 0 Å². The van der Waals surface area contributed by atoms with Gasteiger partial charge in [-0.25, -0.2) is 0 Å². The number of carbonyl (C=O) groups is 1. The monoisotopic (exact) mass is 421 g/mol. The molecule has 2 aromatic carbocycles. The molecule has 0 radical (unpaired) electrons. The summed E-state index contributed by atoms with van der Waals surface area (Å²) in [6, 6.07) is 17.9. The molecule has 4 rings (SSSR count). The van der Waals surface area contributed by atoms with E-state index in [2.05, 4.69) is 31.9 Å². The first-order valence-corrected chi connectivity index (χ1v) is 11.0. The maximum Gasteiger partial charge on any atom is 0.325 e. The Balaban J connectivity index is 1.29. The van der Waals surface area contributed by atoms with Crippen LogP contribution in [0.4, 0.5) is 5.69 Å². The van der Waals surface area contributed by atoms with E-state index < -0.39 is 12.0 Å². The maximum atomic E-state index is 11.9. The summed E-state index contributed by atoms with van der Waals surface area (Å²) in [5, 5.41) is 13.4. The minimum atomic E-state index is -0.762. The Bertz CT molecular complexity index is 871. The SMILES string of the molecule is NN=Cc1ccc(N2CCN(C3CCN(C(C(=O)O)c4ccccc4)CC3)CC2)cc1. The molecular formula is C24H31N5O2. The fourth-order valence-corrected chi connectivity index (χ4v) is 4.86. The molecular weight excluding hydrogens is 390 g/mol. The predicted molar refractivity (Wildman–Crippen MR) is 123 cm³/mol. The van der Waals surface area contributed by atoms with E-state index in [9.17, 15) is 9.90 Å². The number of nitrogens with zero attached hydrogens (tertiary/aromatic N) is 4. The number of carboxylic acids is 1. The number of piperidine rings is 1. The molecule has 0 aromatic heterocycles. The molecule has 2 aliphatic heterocycles. The van der Waals surface area contributed by atoms with E-state index in [1.165, 1.54) is 5.69 Å². The lowest BCUT2D eigenvalue weighted by Crippen LogP contribution is -2.54. The summed E-state index contributed by atoms with van der Waals surface area (Å²) in [6.45, 7) is 5.73. The van der Waals surface area contributed by atoms with Crippen LogP contribution in [0.5, 0.6) is 0 Å². The summed E-state index contributed by atoms with van der Waals surface area (Å²) in [5.74, 6) is 4.46. The fourth-order valence-electron chi connectivity index (χ4n) is 4.86. The number of aliphatic carboxylic acids is 1. The molecule has 31 heavy (non-hydrogen) atoms. The van der Waals surface area contributed by atoms with E-state index in [4.69, 9.17) is 5.84 Å². The average molecular weight is 422 g/mol. The number of hydrogen-bond acceptors (Lipinski definition) is 6. The number of rotatable bonds is 6. The Morgan fingerprint density at radius 3 is 2.19 bits per heavy atom. The lowest BCUT2D eigenvalue weighted by atomic mass is 9.97. The van der Waals surface area contributed by atoms with Crippen LogP contribution in [-0.2, 0) is 4.79 Å². The topological polar surface area (TPSA) is 85.4 Å². The second-order valence-electron chi connectivity index (χ2n) is 8.31. The number of piperazine rings is 1. The van der Waals surface area contributed by atoms with Crippen LogP contribution >= 0.6 is 0 Å². The van der Waals surface area contributed by atoms with Gasteiger partial charge in [0.05, 0.1) is 6.21 Å². The fraction of sp³-hybridized carbons (Fsp3) is 0.417. The highest BCUT2D eigenvalue weighted by atomic mass is 16.4. The van der Waals surface area contributed by atoms with Gasteiger partial charge in [-0.1, -0.05) is 42.5 Å².